The van der Waals surface area contributed by atoms with E-state index in [1.54, 1.807) is 53.7 Å². The first-order valence-corrected chi connectivity index (χ1v) is 16.8. The van der Waals surface area contributed by atoms with Gasteiger partial charge in [0.05, 0.1) is 23.3 Å². The Morgan fingerprint density at radius 1 is 0.679 bits per heavy atom. The fourth-order valence-corrected chi connectivity index (χ4v) is 4.98. The van der Waals surface area contributed by atoms with Gasteiger partial charge >= 0.3 is 11.9 Å². The summed E-state index contributed by atoms with van der Waals surface area (Å²) < 4.78 is 49.3. The van der Waals surface area contributed by atoms with E-state index >= 15 is 0 Å². The Morgan fingerprint density at radius 3 is 1.55 bits per heavy atom. The van der Waals surface area contributed by atoms with E-state index in [4.69, 9.17) is 29.5 Å². The van der Waals surface area contributed by atoms with Crippen molar-refractivity contribution in [2.75, 3.05) is 13.2 Å². The minimum absolute atomic E-state index is 0.134. The van der Waals surface area contributed by atoms with Gasteiger partial charge in [-0.1, -0.05) is 19.4 Å². The molecule has 0 atom stereocenters. The standard InChI is InChI=1S/C22H24FNO3.C20H18FNO4/c1-5-6-15-7-8-20(26-14-21(25)27-22(2,3)4)19(11-15)17-9-16(13-24)10-18(23)12-17;1-20(2,3)26-19(24)12-25-18-5-4-13(11-23)8-17(18)15-6-14(10-22)7-16(21)9-15/h7-12H,5-6,14H2,1-4H3;4-9,11H,12H2,1-3H3. The maximum absolute atomic E-state index is 13.9. The molecule has 9 nitrogen and oxygen atoms in total. The number of carbonyl (C=O) groups excluding carboxylic acids is 3. The lowest BCUT2D eigenvalue weighted by atomic mass is 9.98. The molecule has 0 spiro atoms. The Kier molecular flexibility index (Phi) is 14.4. The van der Waals surface area contributed by atoms with Gasteiger partial charge in [0.1, 0.15) is 40.6 Å². The number of aryl methyl sites for hydroxylation is 1. The first kappa shape index (κ1) is 41.4. The minimum Gasteiger partial charge on any atom is -0.481 e. The Bertz CT molecular complexity index is 2030. The summed E-state index contributed by atoms with van der Waals surface area (Å²) in [5.41, 5.74) is 2.47. The van der Waals surface area contributed by atoms with E-state index in [0.29, 0.717) is 39.9 Å². The van der Waals surface area contributed by atoms with Crippen LogP contribution in [0.1, 0.15) is 81.9 Å². The number of nitrogens with zero attached hydrogens (tertiary/aromatic N) is 2. The average molecular weight is 725 g/mol. The molecule has 276 valence electrons. The Hall–Kier alpha value is -6.07. The second-order valence-electron chi connectivity index (χ2n) is 13.9. The smallest absolute Gasteiger partial charge is 0.344 e. The summed E-state index contributed by atoms with van der Waals surface area (Å²) in [5, 5.41) is 18.1. The highest BCUT2D eigenvalue weighted by molar-refractivity contribution is 5.82. The molecule has 11 heteroatoms. The average Bonchev–Trinajstić information content (AvgIpc) is 3.08. The lowest BCUT2D eigenvalue weighted by Gasteiger charge is -2.20. The van der Waals surface area contributed by atoms with Gasteiger partial charge in [-0.2, -0.15) is 10.5 Å². The zero-order valence-electron chi connectivity index (χ0n) is 30.8. The molecule has 4 rings (SSSR count). The highest BCUT2D eigenvalue weighted by Crippen LogP contribution is 2.34. The summed E-state index contributed by atoms with van der Waals surface area (Å²) in [6, 6.07) is 21.9. The predicted molar refractivity (Wildman–Crippen MR) is 195 cm³/mol. The monoisotopic (exact) mass is 724 g/mol. The highest BCUT2D eigenvalue weighted by Gasteiger charge is 2.19. The number of halogens is 2. The SMILES string of the molecule is CC(C)(C)OC(=O)COc1ccc(C=O)cc1-c1cc(F)cc(C#N)c1.CCCc1ccc(OCC(=O)OC(C)(C)C)c(-c2cc(F)cc(C#N)c2)c1. The minimum atomic E-state index is -0.644. The number of hydrogen-bond donors (Lipinski definition) is 0. The number of ether oxygens (including phenoxy) is 4. The lowest BCUT2D eigenvalue weighted by molar-refractivity contribution is -0.158. The molecule has 0 saturated carbocycles. The molecule has 0 N–H and O–H groups in total. The number of aldehydes is 1. The molecule has 0 saturated heterocycles. The van der Waals surface area contributed by atoms with Gasteiger partial charge in [-0.05, 0) is 131 Å². The third kappa shape index (κ3) is 13.5. The summed E-state index contributed by atoms with van der Waals surface area (Å²) in [7, 11) is 0. The van der Waals surface area contributed by atoms with E-state index < -0.39 is 34.8 Å². The van der Waals surface area contributed by atoms with Crippen LogP contribution in [0.4, 0.5) is 8.78 Å². The number of esters is 2. The second-order valence-corrected chi connectivity index (χ2v) is 13.9. The van der Waals surface area contributed by atoms with Gasteiger partial charge in [0.15, 0.2) is 13.2 Å². The van der Waals surface area contributed by atoms with Crippen LogP contribution in [0.2, 0.25) is 0 Å². The van der Waals surface area contributed by atoms with E-state index in [-0.39, 0.29) is 30.1 Å². The normalized spacial score (nSPS) is 10.8. The largest absolute Gasteiger partial charge is 0.481 e. The topological polar surface area (TPSA) is 136 Å². The molecule has 0 bridgehead atoms. The molecule has 0 aliphatic rings. The van der Waals surface area contributed by atoms with Crippen LogP contribution in [0.5, 0.6) is 11.5 Å². The van der Waals surface area contributed by atoms with Crippen molar-refractivity contribution in [1.82, 2.24) is 0 Å². The van der Waals surface area contributed by atoms with E-state index in [1.165, 1.54) is 42.5 Å². The van der Waals surface area contributed by atoms with E-state index in [9.17, 15) is 23.2 Å². The van der Waals surface area contributed by atoms with Gasteiger partial charge in [0, 0.05) is 16.7 Å². The van der Waals surface area contributed by atoms with Crippen LogP contribution in [-0.2, 0) is 25.5 Å². The molecular weight excluding hydrogens is 682 g/mol. The molecule has 0 aliphatic carbocycles. The molecule has 0 heterocycles. The van der Waals surface area contributed by atoms with Crippen molar-refractivity contribution >= 4 is 18.2 Å². The quantitative estimate of drug-likeness (QED) is 0.110. The van der Waals surface area contributed by atoms with Crippen molar-refractivity contribution in [3.8, 4) is 45.9 Å². The molecular formula is C42H42F2N2O7. The Morgan fingerprint density at radius 2 is 1.13 bits per heavy atom. The number of benzene rings is 4. The van der Waals surface area contributed by atoms with Crippen molar-refractivity contribution < 1.29 is 42.1 Å². The summed E-state index contributed by atoms with van der Waals surface area (Å²) in [6.45, 7) is 12.1. The highest BCUT2D eigenvalue weighted by atomic mass is 19.1. The lowest BCUT2D eigenvalue weighted by Crippen LogP contribution is -2.27. The van der Waals surface area contributed by atoms with Crippen molar-refractivity contribution in [1.29, 1.82) is 10.5 Å². The van der Waals surface area contributed by atoms with E-state index in [2.05, 4.69) is 6.92 Å². The van der Waals surface area contributed by atoms with Crippen LogP contribution in [0.3, 0.4) is 0 Å². The molecule has 4 aromatic rings. The van der Waals surface area contributed by atoms with Crippen LogP contribution in [0.15, 0.2) is 72.8 Å². The molecule has 53 heavy (non-hydrogen) atoms. The van der Waals surface area contributed by atoms with E-state index in [1.807, 2.05) is 24.3 Å². The van der Waals surface area contributed by atoms with E-state index in [0.717, 1.165) is 24.5 Å². The van der Waals surface area contributed by atoms with Gasteiger partial charge in [-0.25, -0.2) is 18.4 Å². The summed E-state index contributed by atoms with van der Waals surface area (Å²) in [5.74, 6) is -1.41. The van der Waals surface area contributed by atoms with Crippen molar-refractivity contribution in [2.24, 2.45) is 0 Å². The molecule has 0 amide bonds. The van der Waals surface area contributed by atoms with Crippen molar-refractivity contribution in [2.45, 2.75) is 72.5 Å². The molecule has 0 aromatic heterocycles. The number of nitriles is 2. The van der Waals surface area contributed by atoms with Gasteiger partial charge in [0.2, 0.25) is 0 Å². The fraction of sp³-hybridized carbons (Fsp3) is 0.310. The second kappa shape index (κ2) is 18.4. The third-order valence-corrected chi connectivity index (χ3v) is 6.93. The van der Waals surface area contributed by atoms with Gasteiger partial charge in [-0.15, -0.1) is 0 Å². The molecule has 0 fully saturated rings. The van der Waals surface area contributed by atoms with Crippen LogP contribution in [0, 0.1) is 34.3 Å². The van der Waals surface area contributed by atoms with Crippen molar-refractivity contribution in [3.63, 3.8) is 0 Å². The molecule has 0 radical (unpaired) electrons. The first-order valence-electron chi connectivity index (χ1n) is 16.8. The number of hydrogen-bond acceptors (Lipinski definition) is 9. The zero-order valence-corrected chi connectivity index (χ0v) is 30.8. The van der Waals surface area contributed by atoms with Crippen molar-refractivity contribution in [3.05, 3.63) is 107 Å². The zero-order chi connectivity index (χ0) is 39.3. The summed E-state index contributed by atoms with van der Waals surface area (Å²) in [6.07, 6.45) is 2.47. The van der Waals surface area contributed by atoms with Crippen LogP contribution >= 0.6 is 0 Å². The van der Waals surface area contributed by atoms with Gasteiger partial charge in [0.25, 0.3) is 0 Å². The number of carbonyl (C=O) groups is 3. The number of rotatable bonds is 11. The van der Waals surface area contributed by atoms with Crippen LogP contribution in [0.25, 0.3) is 22.3 Å². The predicted octanol–water partition coefficient (Wildman–Crippen LogP) is 8.93. The van der Waals surface area contributed by atoms with Gasteiger partial charge < -0.3 is 18.9 Å². The summed E-state index contributed by atoms with van der Waals surface area (Å²) in [4.78, 5) is 34.9. The molecule has 4 aromatic carbocycles. The molecule has 0 unspecified atom stereocenters. The molecule has 0 aliphatic heterocycles. The van der Waals surface area contributed by atoms with Crippen LogP contribution in [-0.4, -0.2) is 42.6 Å². The maximum atomic E-state index is 13.9. The third-order valence-electron chi connectivity index (χ3n) is 6.93. The van der Waals surface area contributed by atoms with Crippen LogP contribution < -0.4 is 9.47 Å². The Labute approximate surface area is 308 Å². The van der Waals surface area contributed by atoms with Gasteiger partial charge in [-0.3, -0.25) is 4.79 Å². The Balaban J connectivity index is 0.000000286. The maximum Gasteiger partial charge on any atom is 0.344 e. The fourth-order valence-electron chi connectivity index (χ4n) is 4.98. The first-order chi connectivity index (χ1) is 24.9. The summed E-state index contributed by atoms with van der Waals surface area (Å²) >= 11 is 0.